The molecule has 0 saturated carbocycles. The first kappa shape index (κ1) is 14.4. The van der Waals surface area contributed by atoms with Crippen molar-refractivity contribution in [1.29, 1.82) is 0 Å². The zero-order valence-corrected chi connectivity index (χ0v) is 11.5. The lowest BCUT2D eigenvalue weighted by atomic mass is 9.97. The predicted molar refractivity (Wildman–Crippen MR) is 72.8 cm³/mol. The minimum Gasteiger partial charge on any atom is -0.478 e. The molecular formula is C13H17NO3S. The van der Waals surface area contributed by atoms with Gasteiger partial charge in [0.1, 0.15) is 0 Å². The van der Waals surface area contributed by atoms with E-state index in [2.05, 4.69) is 5.32 Å². The van der Waals surface area contributed by atoms with Gasteiger partial charge in [-0.05, 0) is 23.6 Å². The van der Waals surface area contributed by atoms with Crippen molar-refractivity contribution in [2.24, 2.45) is 5.41 Å². The van der Waals surface area contributed by atoms with Gasteiger partial charge in [-0.1, -0.05) is 20.8 Å². The molecule has 2 N–H and O–H groups in total. The van der Waals surface area contributed by atoms with Crippen molar-refractivity contribution in [1.82, 2.24) is 5.32 Å². The van der Waals surface area contributed by atoms with Gasteiger partial charge in [0.25, 0.3) is 5.91 Å². The van der Waals surface area contributed by atoms with E-state index in [1.54, 1.807) is 12.1 Å². The van der Waals surface area contributed by atoms with Crippen molar-refractivity contribution in [3.8, 4) is 0 Å². The van der Waals surface area contributed by atoms with E-state index >= 15 is 0 Å². The number of hydrogen-bond acceptors (Lipinski definition) is 3. The third-order valence-electron chi connectivity index (χ3n) is 2.02. The number of thiophene rings is 1. The van der Waals surface area contributed by atoms with Crippen LogP contribution in [-0.4, -0.2) is 23.5 Å². The second-order valence-electron chi connectivity index (χ2n) is 5.12. The Kier molecular flexibility index (Phi) is 4.67. The lowest BCUT2D eigenvalue weighted by Gasteiger charge is -2.18. The summed E-state index contributed by atoms with van der Waals surface area (Å²) in [6.07, 6.45) is 2.54. The summed E-state index contributed by atoms with van der Waals surface area (Å²) in [6, 6.07) is 3.43. The molecule has 0 unspecified atom stereocenters. The SMILES string of the molecule is CC(C)(C)CNC(=O)c1ccc(C=CC(=O)O)s1. The molecule has 1 aromatic heterocycles. The average molecular weight is 267 g/mol. The molecule has 18 heavy (non-hydrogen) atoms. The maximum Gasteiger partial charge on any atom is 0.328 e. The molecule has 1 rings (SSSR count). The maximum absolute atomic E-state index is 11.8. The van der Waals surface area contributed by atoms with Gasteiger partial charge in [0, 0.05) is 17.5 Å². The zero-order valence-electron chi connectivity index (χ0n) is 10.7. The van der Waals surface area contributed by atoms with Crippen LogP contribution in [0.5, 0.6) is 0 Å². The Morgan fingerprint density at radius 1 is 1.39 bits per heavy atom. The minimum atomic E-state index is -0.998. The van der Waals surface area contributed by atoms with Gasteiger partial charge < -0.3 is 10.4 Å². The van der Waals surface area contributed by atoms with Crippen molar-refractivity contribution in [3.05, 3.63) is 28.0 Å². The monoisotopic (exact) mass is 267 g/mol. The van der Waals surface area contributed by atoms with E-state index in [0.717, 1.165) is 11.0 Å². The van der Waals surface area contributed by atoms with E-state index in [-0.39, 0.29) is 11.3 Å². The van der Waals surface area contributed by atoms with Gasteiger partial charge in [-0.15, -0.1) is 11.3 Å². The number of rotatable bonds is 4. The summed E-state index contributed by atoms with van der Waals surface area (Å²) >= 11 is 1.27. The smallest absolute Gasteiger partial charge is 0.328 e. The Hall–Kier alpha value is -1.62. The van der Waals surface area contributed by atoms with Gasteiger partial charge in [0.2, 0.25) is 0 Å². The first-order chi connectivity index (χ1) is 8.28. The summed E-state index contributed by atoms with van der Waals surface area (Å²) in [7, 11) is 0. The Labute approximate surface area is 110 Å². The Morgan fingerprint density at radius 3 is 2.61 bits per heavy atom. The molecule has 0 radical (unpaired) electrons. The fourth-order valence-electron chi connectivity index (χ4n) is 1.15. The average Bonchev–Trinajstić information content (AvgIpc) is 2.70. The molecule has 0 saturated heterocycles. The van der Waals surface area contributed by atoms with E-state index in [4.69, 9.17) is 5.11 Å². The fourth-order valence-corrected chi connectivity index (χ4v) is 1.98. The molecule has 0 aliphatic rings. The second kappa shape index (κ2) is 5.82. The Bertz CT molecular complexity index is 469. The summed E-state index contributed by atoms with van der Waals surface area (Å²) in [6.45, 7) is 6.73. The minimum absolute atomic E-state index is 0.0406. The highest BCUT2D eigenvalue weighted by Gasteiger charge is 2.14. The summed E-state index contributed by atoms with van der Waals surface area (Å²) < 4.78 is 0. The molecule has 0 spiro atoms. The van der Waals surface area contributed by atoms with Crippen LogP contribution in [0.2, 0.25) is 0 Å². The first-order valence-corrected chi connectivity index (χ1v) is 6.39. The summed E-state index contributed by atoms with van der Waals surface area (Å²) in [4.78, 5) is 23.5. The van der Waals surface area contributed by atoms with Crippen molar-refractivity contribution in [2.45, 2.75) is 20.8 Å². The molecule has 1 aromatic rings. The normalized spacial score (nSPS) is 11.7. The molecule has 0 atom stereocenters. The number of aliphatic carboxylic acids is 1. The van der Waals surface area contributed by atoms with Crippen LogP contribution in [0.25, 0.3) is 6.08 Å². The zero-order chi connectivity index (χ0) is 13.8. The summed E-state index contributed by atoms with van der Waals surface area (Å²) in [5, 5.41) is 11.4. The van der Waals surface area contributed by atoms with Gasteiger partial charge in [-0.25, -0.2) is 4.79 Å². The second-order valence-corrected chi connectivity index (χ2v) is 6.23. The number of carboxylic acids is 1. The molecule has 0 fully saturated rings. The molecule has 0 aromatic carbocycles. The van der Waals surface area contributed by atoms with Crippen molar-refractivity contribution >= 4 is 29.3 Å². The van der Waals surface area contributed by atoms with E-state index in [1.807, 2.05) is 20.8 Å². The molecule has 0 aliphatic carbocycles. The molecule has 0 aliphatic heterocycles. The largest absolute Gasteiger partial charge is 0.478 e. The molecule has 1 heterocycles. The highest BCUT2D eigenvalue weighted by atomic mass is 32.1. The summed E-state index contributed by atoms with van der Waals surface area (Å²) in [5.41, 5.74) is 0.0406. The van der Waals surface area contributed by atoms with Crippen LogP contribution in [0.4, 0.5) is 0 Å². The third-order valence-corrected chi connectivity index (χ3v) is 3.07. The molecule has 4 nitrogen and oxygen atoms in total. The van der Waals surface area contributed by atoms with Gasteiger partial charge >= 0.3 is 5.97 Å². The topological polar surface area (TPSA) is 66.4 Å². The highest BCUT2D eigenvalue weighted by molar-refractivity contribution is 7.14. The Balaban J connectivity index is 2.62. The first-order valence-electron chi connectivity index (χ1n) is 5.57. The Morgan fingerprint density at radius 2 is 2.06 bits per heavy atom. The summed E-state index contributed by atoms with van der Waals surface area (Å²) in [5.74, 6) is -1.12. The molecule has 98 valence electrons. The standard InChI is InChI=1S/C13H17NO3S/c1-13(2,3)8-14-12(17)10-6-4-9(18-10)5-7-11(15)16/h4-7H,8H2,1-3H3,(H,14,17)(H,15,16). The van der Waals surface area contributed by atoms with Crippen molar-refractivity contribution in [2.75, 3.05) is 6.54 Å². The van der Waals surface area contributed by atoms with Gasteiger partial charge in [0.15, 0.2) is 0 Å². The van der Waals surface area contributed by atoms with Gasteiger partial charge in [-0.3, -0.25) is 4.79 Å². The van der Waals surface area contributed by atoms with Gasteiger partial charge in [-0.2, -0.15) is 0 Å². The number of carboxylic acid groups (broad SMARTS) is 1. The number of carbonyl (C=O) groups is 2. The van der Waals surface area contributed by atoms with Crippen LogP contribution in [0.15, 0.2) is 18.2 Å². The lowest BCUT2D eigenvalue weighted by molar-refractivity contribution is -0.131. The molecule has 1 amide bonds. The van der Waals surface area contributed by atoms with Gasteiger partial charge in [0.05, 0.1) is 4.88 Å². The van der Waals surface area contributed by atoms with E-state index in [1.165, 1.54) is 17.4 Å². The third kappa shape index (κ3) is 5.14. The molecule has 5 heteroatoms. The number of amides is 1. The highest BCUT2D eigenvalue weighted by Crippen LogP contribution is 2.18. The number of carbonyl (C=O) groups excluding carboxylic acids is 1. The number of nitrogens with one attached hydrogen (secondary N) is 1. The van der Waals surface area contributed by atoms with Crippen molar-refractivity contribution < 1.29 is 14.7 Å². The van der Waals surface area contributed by atoms with Crippen LogP contribution in [0.1, 0.15) is 35.3 Å². The maximum atomic E-state index is 11.8. The number of hydrogen-bond donors (Lipinski definition) is 2. The van der Waals surface area contributed by atoms with Crippen molar-refractivity contribution in [3.63, 3.8) is 0 Å². The predicted octanol–water partition coefficient (Wildman–Crippen LogP) is 2.62. The van der Waals surface area contributed by atoms with Crippen LogP contribution in [-0.2, 0) is 4.79 Å². The molecular weight excluding hydrogens is 250 g/mol. The lowest BCUT2D eigenvalue weighted by Crippen LogP contribution is -2.31. The van der Waals surface area contributed by atoms with Crippen LogP contribution >= 0.6 is 11.3 Å². The van der Waals surface area contributed by atoms with Crippen LogP contribution in [0, 0.1) is 5.41 Å². The van der Waals surface area contributed by atoms with E-state index in [0.29, 0.717) is 11.4 Å². The quantitative estimate of drug-likeness (QED) is 0.824. The van der Waals surface area contributed by atoms with E-state index in [9.17, 15) is 9.59 Å². The van der Waals surface area contributed by atoms with Crippen LogP contribution < -0.4 is 5.32 Å². The fraction of sp³-hybridized carbons (Fsp3) is 0.385. The molecule has 0 bridgehead atoms. The van der Waals surface area contributed by atoms with Crippen LogP contribution in [0.3, 0.4) is 0 Å². The van der Waals surface area contributed by atoms with E-state index < -0.39 is 5.97 Å².